The van der Waals surface area contributed by atoms with Crippen molar-refractivity contribution in [1.29, 1.82) is 0 Å². The standard InChI is InChI=1S/C9H13NO3/c1-5-8(13)10-9(4,6(2)11)7(3)12/h5H,1H2,2-4H3,(H,10,13). The lowest BCUT2D eigenvalue weighted by Crippen LogP contribution is -2.55. The van der Waals surface area contributed by atoms with E-state index in [0.29, 0.717) is 0 Å². The van der Waals surface area contributed by atoms with Crippen LogP contribution in [0.2, 0.25) is 0 Å². The van der Waals surface area contributed by atoms with E-state index in [1.165, 1.54) is 20.8 Å². The van der Waals surface area contributed by atoms with Crippen LogP contribution in [0.1, 0.15) is 20.8 Å². The summed E-state index contributed by atoms with van der Waals surface area (Å²) in [6, 6.07) is 0. The molecule has 0 aliphatic rings. The van der Waals surface area contributed by atoms with Gasteiger partial charge in [0.2, 0.25) is 5.91 Å². The number of nitrogens with one attached hydrogen (secondary N) is 1. The topological polar surface area (TPSA) is 63.2 Å². The molecule has 0 aromatic rings. The Balaban J connectivity index is 4.82. The summed E-state index contributed by atoms with van der Waals surface area (Å²) in [6.07, 6.45) is 1.02. The molecule has 0 radical (unpaired) electrons. The van der Waals surface area contributed by atoms with Crippen molar-refractivity contribution in [2.75, 3.05) is 0 Å². The summed E-state index contributed by atoms with van der Waals surface area (Å²) in [4.78, 5) is 33.1. The Kier molecular flexibility index (Phi) is 3.54. The van der Waals surface area contributed by atoms with Crippen molar-refractivity contribution in [3.63, 3.8) is 0 Å². The van der Waals surface area contributed by atoms with E-state index in [0.717, 1.165) is 6.08 Å². The lowest BCUT2D eigenvalue weighted by Gasteiger charge is -2.23. The molecule has 0 saturated carbocycles. The Morgan fingerprint density at radius 1 is 1.23 bits per heavy atom. The molecular weight excluding hydrogens is 170 g/mol. The molecule has 0 atom stereocenters. The van der Waals surface area contributed by atoms with Gasteiger partial charge in [-0.15, -0.1) is 0 Å². The minimum Gasteiger partial charge on any atom is -0.334 e. The number of rotatable bonds is 4. The second kappa shape index (κ2) is 3.98. The first-order valence-corrected chi connectivity index (χ1v) is 3.81. The van der Waals surface area contributed by atoms with Crippen LogP contribution in [0.4, 0.5) is 0 Å². The zero-order valence-corrected chi connectivity index (χ0v) is 8.01. The fourth-order valence-corrected chi connectivity index (χ4v) is 0.721. The summed E-state index contributed by atoms with van der Waals surface area (Å²) in [6.45, 7) is 7.11. The van der Waals surface area contributed by atoms with Crippen molar-refractivity contribution in [1.82, 2.24) is 5.32 Å². The van der Waals surface area contributed by atoms with E-state index in [1.807, 2.05) is 0 Å². The molecule has 0 aromatic carbocycles. The van der Waals surface area contributed by atoms with E-state index >= 15 is 0 Å². The number of hydrogen-bond donors (Lipinski definition) is 1. The van der Waals surface area contributed by atoms with Crippen LogP contribution in [-0.2, 0) is 14.4 Å². The number of ketones is 2. The predicted octanol–water partition coefficient (Wildman–Crippen LogP) is 0.225. The third-order valence-electron chi connectivity index (χ3n) is 1.97. The zero-order valence-electron chi connectivity index (χ0n) is 8.01. The minimum absolute atomic E-state index is 0.393. The van der Waals surface area contributed by atoms with Gasteiger partial charge in [-0.05, 0) is 26.8 Å². The highest BCUT2D eigenvalue weighted by Crippen LogP contribution is 2.06. The van der Waals surface area contributed by atoms with E-state index in [4.69, 9.17) is 0 Å². The van der Waals surface area contributed by atoms with Gasteiger partial charge < -0.3 is 5.32 Å². The molecule has 4 heteroatoms. The Bertz CT molecular complexity index is 254. The fraction of sp³-hybridized carbons (Fsp3) is 0.444. The molecule has 0 unspecified atom stereocenters. The van der Waals surface area contributed by atoms with Crippen LogP contribution in [-0.4, -0.2) is 23.0 Å². The molecule has 0 fully saturated rings. The van der Waals surface area contributed by atoms with Gasteiger partial charge in [0.15, 0.2) is 17.1 Å². The number of hydrogen-bond acceptors (Lipinski definition) is 3. The van der Waals surface area contributed by atoms with E-state index in [9.17, 15) is 14.4 Å². The Morgan fingerprint density at radius 3 is 1.85 bits per heavy atom. The molecule has 1 amide bonds. The Labute approximate surface area is 77.0 Å². The molecular formula is C9H13NO3. The summed E-state index contributed by atoms with van der Waals surface area (Å²) in [5.74, 6) is -1.32. The molecule has 0 aliphatic heterocycles. The summed E-state index contributed by atoms with van der Waals surface area (Å²) < 4.78 is 0. The highest BCUT2D eigenvalue weighted by atomic mass is 16.2. The lowest BCUT2D eigenvalue weighted by atomic mass is 9.93. The van der Waals surface area contributed by atoms with Crippen molar-refractivity contribution in [3.8, 4) is 0 Å². The predicted molar refractivity (Wildman–Crippen MR) is 48.1 cm³/mol. The van der Waals surface area contributed by atoms with Crippen molar-refractivity contribution < 1.29 is 14.4 Å². The van der Waals surface area contributed by atoms with Gasteiger partial charge in [0.1, 0.15) is 0 Å². The number of carbonyl (C=O) groups excluding carboxylic acids is 3. The van der Waals surface area contributed by atoms with Gasteiger partial charge in [0.05, 0.1) is 0 Å². The van der Waals surface area contributed by atoms with Gasteiger partial charge in [-0.1, -0.05) is 6.58 Å². The summed E-state index contributed by atoms with van der Waals surface area (Å²) >= 11 is 0. The van der Waals surface area contributed by atoms with E-state index in [1.54, 1.807) is 0 Å². The smallest absolute Gasteiger partial charge is 0.244 e. The average molecular weight is 183 g/mol. The molecule has 1 N–H and O–H groups in total. The largest absolute Gasteiger partial charge is 0.334 e. The fourth-order valence-electron chi connectivity index (χ4n) is 0.721. The molecule has 0 aliphatic carbocycles. The summed E-state index contributed by atoms with van der Waals surface area (Å²) in [5, 5.41) is 2.29. The maximum absolute atomic E-state index is 11.1. The van der Waals surface area contributed by atoms with Gasteiger partial charge in [-0.2, -0.15) is 0 Å². The van der Waals surface area contributed by atoms with Gasteiger partial charge in [-0.25, -0.2) is 0 Å². The van der Waals surface area contributed by atoms with Crippen LogP contribution < -0.4 is 5.32 Å². The maximum Gasteiger partial charge on any atom is 0.244 e. The van der Waals surface area contributed by atoms with Gasteiger partial charge in [-0.3, -0.25) is 14.4 Å². The molecule has 0 saturated heterocycles. The van der Waals surface area contributed by atoms with E-state index < -0.39 is 23.0 Å². The quantitative estimate of drug-likeness (QED) is 0.501. The van der Waals surface area contributed by atoms with Gasteiger partial charge >= 0.3 is 0 Å². The minimum atomic E-state index is -1.43. The van der Waals surface area contributed by atoms with Crippen molar-refractivity contribution in [3.05, 3.63) is 12.7 Å². The monoisotopic (exact) mass is 183 g/mol. The molecule has 0 heterocycles. The molecule has 72 valence electrons. The first-order chi connectivity index (χ1) is 5.84. The van der Waals surface area contributed by atoms with Crippen LogP contribution in [0.5, 0.6) is 0 Å². The SMILES string of the molecule is C=CC(=O)NC(C)(C(C)=O)C(C)=O. The average Bonchev–Trinajstić information content (AvgIpc) is 2.03. The molecule has 0 spiro atoms. The van der Waals surface area contributed by atoms with Crippen molar-refractivity contribution in [2.24, 2.45) is 0 Å². The molecule has 0 bridgehead atoms. The summed E-state index contributed by atoms with van der Waals surface area (Å²) in [5.41, 5.74) is -1.43. The number of carbonyl (C=O) groups is 3. The van der Waals surface area contributed by atoms with Crippen molar-refractivity contribution >= 4 is 17.5 Å². The lowest BCUT2D eigenvalue weighted by molar-refractivity contribution is -0.137. The van der Waals surface area contributed by atoms with Crippen LogP contribution in [0, 0.1) is 0 Å². The zero-order chi connectivity index (χ0) is 10.6. The molecule has 13 heavy (non-hydrogen) atoms. The number of Topliss-reactive ketones (excluding diaryl/α,β-unsaturated/α-hetero) is 2. The maximum atomic E-state index is 11.1. The van der Waals surface area contributed by atoms with Gasteiger partial charge in [0.25, 0.3) is 0 Å². The van der Waals surface area contributed by atoms with Crippen LogP contribution in [0.15, 0.2) is 12.7 Å². The van der Waals surface area contributed by atoms with Crippen LogP contribution >= 0.6 is 0 Å². The van der Waals surface area contributed by atoms with Gasteiger partial charge in [0, 0.05) is 0 Å². The van der Waals surface area contributed by atoms with Crippen LogP contribution in [0.3, 0.4) is 0 Å². The molecule has 4 nitrogen and oxygen atoms in total. The Hall–Kier alpha value is -1.45. The Morgan fingerprint density at radius 2 is 1.62 bits per heavy atom. The third kappa shape index (κ3) is 2.50. The highest BCUT2D eigenvalue weighted by molar-refractivity contribution is 6.12. The highest BCUT2D eigenvalue weighted by Gasteiger charge is 2.35. The second-order valence-electron chi connectivity index (χ2n) is 2.93. The van der Waals surface area contributed by atoms with Crippen LogP contribution in [0.25, 0.3) is 0 Å². The normalized spacial score (nSPS) is 10.4. The molecule has 0 aromatic heterocycles. The van der Waals surface area contributed by atoms with Crippen molar-refractivity contribution in [2.45, 2.75) is 26.3 Å². The number of amides is 1. The summed E-state index contributed by atoms with van der Waals surface area (Å²) in [7, 11) is 0. The van der Waals surface area contributed by atoms with E-state index in [-0.39, 0.29) is 0 Å². The third-order valence-corrected chi connectivity index (χ3v) is 1.97. The first-order valence-electron chi connectivity index (χ1n) is 3.81. The first kappa shape index (κ1) is 11.6. The molecule has 0 rings (SSSR count). The van der Waals surface area contributed by atoms with E-state index in [2.05, 4.69) is 11.9 Å². The second-order valence-corrected chi connectivity index (χ2v) is 2.93.